The van der Waals surface area contributed by atoms with Crippen LogP contribution in [-0.2, 0) is 28.6 Å². The largest absolute Gasteiger partial charge is 1.00 e. The lowest BCUT2D eigenvalue weighted by Crippen LogP contribution is -3.00. The van der Waals surface area contributed by atoms with Crippen LogP contribution in [0.3, 0.4) is 0 Å². The van der Waals surface area contributed by atoms with E-state index in [1.54, 1.807) is 0 Å². The first kappa shape index (κ1) is 36.7. The van der Waals surface area contributed by atoms with Crippen molar-refractivity contribution >= 4 is 25.2 Å². The normalized spacial score (nSPS) is 11.0. The summed E-state index contributed by atoms with van der Waals surface area (Å²) in [5, 5.41) is 0. The molecule has 0 aliphatic rings. The molecule has 0 atom stereocenters. The number of carbonyl (C=O) groups excluding carboxylic acids is 3. The Morgan fingerprint density at radius 1 is 0.486 bits per heavy atom. The van der Waals surface area contributed by atoms with Gasteiger partial charge in [0.25, 0.3) is 0 Å². The molecule has 8 heteroatoms. The lowest BCUT2D eigenvalue weighted by Gasteiger charge is -2.27. The predicted molar refractivity (Wildman–Crippen MR) is 142 cm³/mol. The van der Waals surface area contributed by atoms with Crippen LogP contribution in [0.4, 0.5) is 0 Å². The second kappa shape index (κ2) is 25.2. The molecule has 0 heterocycles. The molecule has 0 rings (SSSR count). The molecule has 0 radical (unpaired) electrons. The van der Waals surface area contributed by atoms with Gasteiger partial charge in [-0.05, 0) is 33.6 Å². The SMILES string of the molecule is CCCCCCCCCCCC[P+](CCC(=O)OCC)(CCC(=O)OCC)CCC(=O)OCC.[I-]. The molecular weight excluding hydrogens is 578 g/mol. The molecule has 0 aliphatic heterocycles. The fourth-order valence-corrected chi connectivity index (χ4v) is 8.50. The van der Waals surface area contributed by atoms with Crippen LogP contribution in [0.5, 0.6) is 0 Å². The van der Waals surface area contributed by atoms with Crippen LogP contribution < -0.4 is 24.0 Å². The number of ether oxygens (including phenoxy) is 3. The second-order valence-corrected chi connectivity index (χ2v) is 13.6. The number of carbonyl (C=O) groups is 3. The number of hydrogen-bond donors (Lipinski definition) is 0. The zero-order valence-electron chi connectivity index (χ0n) is 22.9. The minimum Gasteiger partial charge on any atom is -1.00 e. The fourth-order valence-electron chi connectivity index (χ4n) is 4.29. The number of halogens is 1. The molecule has 0 N–H and O–H groups in total. The van der Waals surface area contributed by atoms with Crippen LogP contribution in [0.25, 0.3) is 0 Å². The lowest BCUT2D eigenvalue weighted by molar-refractivity contribution is -0.143. The Balaban J connectivity index is 0. The van der Waals surface area contributed by atoms with Gasteiger partial charge in [0.2, 0.25) is 0 Å². The van der Waals surface area contributed by atoms with Gasteiger partial charge >= 0.3 is 17.9 Å². The second-order valence-electron chi connectivity index (χ2n) is 9.08. The monoisotopic (exact) mass is 630 g/mol. The van der Waals surface area contributed by atoms with E-state index in [2.05, 4.69) is 6.92 Å². The van der Waals surface area contributed by atoms with Crippen LogP contribution in [-0.4, -0.2) is 62.4 Å². The number of rotatable bonds is 23. The quantitative estimate of drug-likeness (QED) is 0.0563. The third kappa shape index (κ3) is 21.4. The molecule has 0 saturated carbocycles. The van der Waals surface area contributed by atoms with Crippen LogP contribution in [0, 0.1) is 0 Å². The van der Waals surface area contributed by atoms with Crippen molar-refractivity contribution in [3.05, 3.63) is 0 Å². The summed E-state index contributed by atoms with van der Waals surface area (Å²) in [6.07, 6.45) is 16.9. The van der Waals surface area contributed by atoms with Crippen LogP contribution in [0.2, 0.25) is 0 Å². The van der Waals surface area contributed by atoms with Gasteiger partial charge in [0.15, 0.2) is 0 Å². The van der Waals surface area contributed by atoms with E-state index >= 15 is 0 Å². The van der Waals surface area contributed by atoms with Gasteiger partial charge < -0.3 is 38.2 Å². The Labute approximate surface area is 232 Å². The molecule has 6 nitrogen and oxygen atoms in total. The highest BCUT2D eigenvalue weighted by Crippen LogP contribution is 2.61. The van der Waals surface area contributed by atoms with E-state index < -0.39 is 7.26 Å². The van der Waals surface area contributed by atoms with E-state index in [1.807, 2.05) is 20.8 Å². The number of hydrogen-bond acceptors (Lipinski definition) is 6. The summed E-state index contributed by atoms with van der Waals surface area (Å²) >= 11 is 0. The predicted octanol–water partition coefficient (Wildman–Crippen LogP) is 3.79. The Hall–Kier alpha value is -0.430. The van der Waals surface area contributed by atoms with Crippen molar-refractivity contribution in [1.29, 1.82) is 0 Å². The molecule has 0 bridgehead atoms. The molecular formula is C27H52IO6P. The third-order valence-electron chi connectivity index (χ3n) is 6.27. The van der Waals surface area contributed by atoms with Crippen molar-refractivity contribution in [2.24, 2.45) is 0 Å². The third-order valence-corrected chi connectivity index (χ3v) is 11.1. The molecule has 0 aromatic rings. The van der Waals surface area contributed by atoms with Crippen LogP contribution in [0.1, 0.15) is 111 Å². The van der Waals surface area contributed by atoms with E-state index in [9.17, 15) is 14.4 Å². The van der Waals surface area contributed by atoms with Gasteiger partial charge in [-0.3, -0.25) is 14.4 Å². The molecule has 0 saturated heterocycles. The van der Waals surface area contributed by atoms with E-state index in [4.69, 9.17) is 14.2 Å². The summed E-state index contributed by atoms with van der Waals surface area (Å²) in [6.45, 7) is 8.79. The Morgan fingerprint density at radius 2 is 0.800 bits per heavy atom. The smallest absolute Gasteiger partial charge is 0.309 e. The maximum Gasteiger partial charge on any atom is 0.309 e. The molecule has 0 fully saturated rings. The van der Waals surface area contributed by atoms with Gasteiger partial charge in [-0.2, -0.15) is 0 Å². The van der Waals surface area contributed by atoms with Gasteiger partial charge in [0, 0.05) is 7.26 Å². The average molecular weight is 631 g/mol. The summed E-state index contributed by atoms with van der Waals surface area (Å²) in [6, 6.07) is 0. The summed E-state index contributed by atoms with van der Waals surface area (Å²) in [4.78, 5) is 36.4. The first-order valence-electron chi connectivity index (χ1n) is 13.7. The van der Waals surface area contributed by atoms with Crippen molar-refractivity contribution in [3.8, 4) is 0 Å². The van der Waals surface area contributed by atoms with E-state index in [0.29, 0.717) is 39.1 Å². The maximum absolute atomic E-state index is 12.1. The molecule has 0 aliphatic carbocycles. The average Bonchev–Trinajstić information content (AvgIpc) is 2.81. The maximum atomic E-state index is 12.1. The summed E-state index contributed by atoms with van der Waals surface area (Å²) in [7, 11) is -1.71. The molecule has 0 aromatic carbocycles. The minimum atomic E-state index is -1.71. The summed E-state index contributed by atoms with van der Waals surface area (Å²) in [5.41, 5.74) is 0. The zero-order chi connectivity index (χ0) is 25.5. The fraction of sp³-hybridized carbons (Fsp3) is 0.889. The molecule has 0 unspecified atom stereocenters. The molecule has 208 valence electrons. The molecule has 0 spiro atoms. The first-order chi connectivity index (χ1) is 16.4. The lowest BCUT2D eigenvalue weighted by atomic mass is 10.1. The van der Waals surface area contributed by atoms with E-state index in [1.165, 1.54) is 51.4 Å². The van der Waals surface area contributed by atoms with E-state index in [0.717, 1.165) is 37.5 Å². The molecule has 35 heavy (non-hydrogen) atoms. The highest BCUT2D eigenvalue weighted by atomic mass is 127. The molecule has 0 amide bonds. The number of unbranched alkanes of at least 4 members (excludes halogenated alkanes) is 9. The zero-order valence-corrected chi connectivity index (χ0v) is 26.0. The van der Waals surface area contributed by atoms with Gasteiger partial charge in [0.05, 0.1) is 63.7 Å². The molecule has 0 aromatic heterocycles. The summed E-state index contributed by atoms with van der Waals surface area (Å²) < 4.78 is 15.5. The highest BCUT2D eigenvalue weighted by Gasteiger charge is 2.38. The van der Waals surface area contributed by atoms with Crippen molar-refractivity contribution in [2.75, 3.05) is 44.5 Å². The van der Waals surface area contributed by atoms with Gasteiger partial charge in [-0.15, -0.1) is 0 Å². The Bertz CT molecular complexity index is 489. The van der Waals surface area contributed by atoms with Gasteiger partial charge in [0.1, 0.15) is 0 Å². The van der Waals surface area contributed by atoms with Crippen molar-refractivity contribution in [1.82, 2.24) is 0 Å². The van der Waals surface area contributed by atoms with Crippen LogP contribution in [0.15, 0.2) is 0 Å². The summed E-state index contributed by atoms with van der Waals surface area (Å²) in [5.74, 6) is -0.577. The van der Waals surface area contributed by atoms with Gasteiger partial charge in [-0.1, -0.05) is 58.3 Å². The highest BCUT2D eigenvalue weighted by molar-refractivity contribution is 7.76. The minimum absolute atomic E-state index is 0. The van der Waals surface area contributed by atoms with Crippen LogP contribution >= 0.6 is 7.26 Å². The van der Waals surface area contributed by atoms with Crippen molar-refractivity contribution in [3.63, 3.8) is 0 Å². The van der Waals surface area contributed by atoms with Gasteiger partial charge in [-0.25, -0.2) is 0 Å². The Morgan fingerprint density at radius 3 is 1.11 bits per heavy atom. The van der Waals surface area contributed by atoms with Crippen molar-refractivity contribution < 1.29 is 52.6 Å². The van der Waals surface area contributed by atoms with E-state index in [-0.39, 0.29) is 41.9 Å². The topological polar surface area (TPSA) is 78.9 Å². The van der Waals surface area contributed by atoms with Crippen molar-refractivity contribution in [2.45, 2.75) is 111 Å². The standard InChI is InChI=1S/C27H52O6P.HI/c1-5-9-10-11-12-13-14-15-16-17-21-34(22-18-25(28)31-6-2,23-19-26(29)32-7-3)24-20-27(30)33-8-4;/h5-24H2,1-4H3;1H/q+1;/p-1. The first-order valence-corrected chi connectivity index (χ1v) is 16.3. The number of esters is 3. The Kier molecular flexibility index (Phi) is 26.5.